The monoisotopic (exact) mass is 236 g/mol. The molecule has 0 aromatic heterocycles. The number of rotatable bonds is 6. The topological polar surface area (TPSA) is 27.7 Å². The van der Waals surface area contributed by atoms with Crippen molar-refractivity contribution in [1.29, 1.82) is 0 Å². The smallest absolute Gasteiger partial charge is 0.203 e. The highest BCUT2D eigenvalue weighted by Crippen LogP contribution is 2.38. The van der Waals surface area contributed by atoms with Crippen LogP contribution >= 0.6 is 0 Å². The van der Waals surface area contributed by atoms with Crippen molar-refractivity contribution in [2.45, 2.75) is 19.8 Å². The summed E-state index contributed by atoms with van der Waals surface area (Å²) in [6, 6.07) is 3.88. The molecule has 1 aromatic carbocycles. The van der Waals surface area contributed by atoms with Crippen molar-refractivity contribution in [1.82, 2.24) is 0 Å². The van der Waals surface area contributed by atoms with Gasteiger partial charge in [-0.1, -0.05) is 25.5 Å². The Hall–Kier alpha value is -1.64. The summed E-state index contributed by atoms with van der Waals surface area (Å²) in [6.45, 7) is 2.15. The molecule has 3 nitrogen and oxygen atoms in total. The highest BCUT2D eigenvalue weighted by Gasteiger charge is 2.11. The summed E-state index contributed by atoms with van der Waals surface area (Å²) in [5.41, 5.74) is 1.05. The van der Waals surface area contributed by atoms with Crippen molar-refractivity contribution < 1.29 is 14.2 Å². The first kappa shape index (κ1) is 13.4. The van der Waals surface area contributed by atoms with Crippen LogP contribution in [-0.2, 0) is 0 Å². The molecule has 0 saturated heterocycles. The third-order valence-corrected chi connectivity index (χ3v) is 2.45. The predicted octanol–water partition coefficient (Wildman–Crippen LogP) is 3.53. The normalized spacial score (nSPS) is 10.6. The molecular formula is C14H20O3. The van der Waals surface area contributed by atoms with Crippen LogP contribution in [0.25, 0.3) is 6.08 Å². The van der Waals surface area contributed by atoms with E-state index in [1.54, 1.807) is 21.3 Å². The van der Waals surface area contributed by atoms with Crippen LogP contribution < -0.4 is 14.2 Å². The van der Waals surface area contributed by atoms with E-state index in [9.17, 15) is 0 Å². The van der Waals surface area contributed by atoms with Gasteiger partial charge in [0.15, 0.2) is 11.5 Å². The van der Waals surface area contributed by atoms with Crippen molar-refractivity contribution in [3.63, 3.8) is 0 Å². The predicted molar refractivity (Wildman–Crippen MR) is 70.0 cm³/mol. The Kier molecular flexibility index (Phi) is 5.40. The van der Waals surface area contributed by atoms with Crippen LogP contribution in [0, 0.1) is 0 Å². The summed E-state index contributed by atoms with van der Waals surface area (Å²) < 4.78 is 15.8. The van der Waals surface area contributed by atoms with Gasteiger partial charge in [0.1, 0.15) is 0 Å². The van der Waals surface area contributed by atoms with Crippen LogP contribution in [0.5, 0.6) is 17.2 Å². The summed E-state index contributed by atoms with van der Waals surface area (Å²) in [7, 11) is 4.85. The van der Waals surface area contributed by atoms with Gasteiger partial charge in [-0.05, 0) is 24.1 Å². The molecule has 0 aliphatic heterocycles. The van der Waals surface area contributed by atoms with Gasteiger partial charge in [0, 0.05) is 0 Å². The summed E-state index contributed by atoms with van der Waals surface area (Å²) >= 11 is 0. The Morgan fingerprint density at radius 2 is 1.59 bits per heavy atom. The first-order chi connectivity index (χ1) is 8.26. The van der Waals surface area contributed by atoms with Gasteiger partial charge in [0.05, 0.1) is 21.3 Å². The number of hydrogen-bond acceptors (Lipinski definition) is 3. The molecule has 94 valence electrons. The Bertz CT molecular complexity index is 358. The molecule has 0 spiro atoms. The SMILES string of the molecule is CCC/C=C/c1cc(OC)c(OC)c(OC)c1. The molecule has 0 amide bonds. The van der Waals surface area contributed by atoms with E-state index in [0.717, 1.165) is 18.4 Å². The van der Waals surface area contributed by atoms with Crippen molar-refractivity contribution in [2.75, 3.05) is 21.3 Å². The summed E-state index contributed by atoms with van der Waals surface area (Å²) in [6.07, 6.45) is 6.41. The first-order valence-corrected chi connectivity index (χ1v) is 5.73. The van der Waals surface area contributed by atoms with Crippen LogP contribution in [0.3, 0.4) is 0 Å². The van der Waals surface area contributed by atoms with Crippen LogP contribution in [0.4, 0.5) is 0 Å². The molecule has 1 rings (SSSR count). The second kappa shape index (κ2) is 6.84. The fraction of sp³-hybridized carbons (Fsp3) is 0.429. The fourth-order valence-corrected chi connectivity index (χ4v) is 1.58. The van der Waals surface area contributed by atoms with Crippen LogP contribution in [0.2, 0.25) is 0 Å². The standard InChI is InChI=1S/C14H20O3/c1-5-6-7-8-11-9-12(15-2)14(17-4)13(10-11)16-3/h7-10H,5-6H2,1-4H3/b8-7+. The van der Waals surface area contributed by atoms with Gasteiger partial charge in [0.2, 0.25) is 5.75 Å². The molecule has 0 unspecified atom stereocenters. The molecule has 0 bridgehead atoms. The van der Waals surface area contributed by atoms with E-state index in [1.165, 1.54) is 0 Å². The van der Waals surface area contributed by atoms with E-state index in [0.29, 0.717) is 17.2 Å². The van der Waals surface area contributed by atoms with Gasteiger partial charge >= 0.3 is 0 Å². The molecule has 0 fully saturated rings. The summed E-state index contributed by atoms with van der Waals surface area (Å²) in [4.78, 5) is 0. The Morgan fingerprint density at radius 3 is 2.00 bits per heavy atom. The van der Waals surface area contributed by atoms with E-state index >= 15 is 0 Å². The van der Waals surface area contributed by atoms with Gasteiger partial charge in [-0.2, -0.15) is 0 Å². The van der Waals surface area contributed by atoms with Crippen molar-refractivity contribution >= 4 is 6.08 Å². The zero-order chi connectivity index (χ0) is 12.7. The van der Waals surface area contributed by atoms with Gasteiger partial charge in [-0.3, -0.25) is 0 Å². The highest BCUT2D eigenvalue weighted by atomic mass is 16.5. The molecule has 0 atom stereocenters. The number of ether oxygens (including phenoxy) is 3. The van der Waals surface area contributed by atoms with Crippen LogP contribution in [0.1, 0.15) is 25.3 Å². The molecular weight excluding hydrogens is 216 g/mol. The lowest BCUT2D eigenvalue weighted by atomic mass is 10.1. The first-order valence-electron chi connectivity index (χ1n) is 5.73. The Morgan fingerprint density at radius 1 is 1.00 bits per heavy atom. The van der Waals surface area contributed by atoms with Crippen LogP contribution in [-0.4, -0.2) is 21.3 Å². The molecule has 0 heterocycles. The number of hydrogen-bond donors (Lipinski definition) is 0. The molecule has 17 heavy (non-hydrogen) atoms. The third-order valence-electron chi connectivity index (χ3n) is 2.45. The molecule has 0 aliphatic carbocycles. The van der Waals surface area contributed by atoms with E-state index in [-0.39, 0.29) is 0 Å². The van der Waals surface area contributed by atoms with E-state index in [1.807, 2.05) is 12.1 Å². The van der Waals surface area contributed by atoms with Gasteiger partial charge < -0.3 is 14.2 Å². The highest BCUT2D eigenvalue weighted by molar-refractivity contribution is 5.62. The van der Waals surface area contributed by atoms with Gasteiger partial charge in [0.25, 0.3) is 0 Å². The maximum Gasteiger partial charge on any atom is 0.203 e. The lowest BCUT2D eigenvalue weighted by molar-refractivity contribution is 0.324. The second-order valence-electron chi connectivity index (χ2n) is 3.65. The number of allylic oxidation sites excluding steroid dienone is 1. The molecule has 1 aromatic rings. The molecule has 3 heteroatoms. The maximum absolute atomic E-state index is 5.29. The van der Waals surface area contributed by atoms with Gasteiger partial charge in [-0.25, -0.2) is 0 Å². The Balaban J connectivity index is 3.08. The molecule has 0 N–H and O–H groups in total. The zero-order valence-electron chi connectivity index (χ0n) is 10.9. The van der Waals surface area contributed by atoms with E-state index < -0.39 is 0 Å². The van der Waals surface area contributed by atoms with Gasteiger partial charge in [-0.15, -0.1) is 0 Å². The maximum atomic E-state index is 5.29. The largest absolute Gasteiger partial charge is 0.493 e. The number of methoxy groups -OCH3 is 3. The minimum atomic E-state index is 0.627. The van der Waals surface area contributed by atoms with Crippen molar-refractivity contribution in [3.8, 4) is 17.2 Å². The average Bonchev–Trinajstić information content (AvgIpc) is 2.37. The quantitative estimate of drug-likeness (QED) is 0.756. The van der Waals surface area contributed by atoms with Crippen molar-refractivity contribution in [3.05, 3.63) is 23.8 Å². The molecule has 0 radical (unpaired) electrons. The van der Waals surface area contributed by atoms with E-state index in [4.69, 9.17) is 14.2 Å². The average molecular weight is 236 g/mol. The lowest BCUT2D eigenvalue weighted by Gasteiger charge is -2.12. The minimum absolute atomic E-state index is 0.627. The fourth-order valence-electron chi connectivity index (χ4n) is 1.58. The third kappa shape index (κ3) is 3.41. The number of benzene rings is 1. The summed E-state index contributed by atoms with van der Waals surface area (Å²) in [5.74, 6) is 1.99. The molecule has 0 saturated carbocycles. The zero-order valence-corrected chi connectivity index (χ0v) is 10.9. The lowest BCUT2D eigenvalue weighted by Crippen LogP contribution is -1.95. The molecule has 0 aliphatic rings. The summed E-state index contributed by atoms with van der Waals surface area (Å²) in [5, 5.41) is 0. The van der Waals surface area contributed by atoms with Crippen LogP contribution in [0.15, 0.2) is 18.2 Å². The second-order valence-corrected chi connectivity index (χ2v) is 3.65. The van der Waals surface area contributed by atoms with Crippen molar-refractivity contribution in [2.24, 2.45) is 0 Å². The minimum Gasteiger partial charge on any atom is -0.493 e. The number of unbranched alkanes of at least 4 members (excludes halogenated alkanes) is 1. The Labute approximate surface area is 103 Å². The van der Waals surface area contributed by atoms with E-state index in [2.05, 4.69) is 19.1 Å².